The van der Waals surface area contributed by atoms with Crippen LogP contribution in [-0.4, -0.2) is 13.9 Å². The summed E-state index contributed by atoms with van der Waals surface area (Å²) in [5.41, 5.74) is 3.76. The van der Waals surface area contributed by atoms with E-state index in [1.54, 1.807) is 0 Å². The van der Waals surface area contributed by atoms with Crippen LogP contribution in [0.3, 0.4) is 0 Å². The van der Waals surface area contributed by atoms with Gasteiger partial charge in [-0.25, -0.2) is 0 Å². The number of fused-ring (bicyclic) bond motifs is 1. The Morgan fingerprint density at radius 2 is 2.05 bits per heavy atom. The number of carbonyl (C=O) groups is 1. The molecule has 0 N–H and O–H groups in total. The van der Waals surface area contributed by atoms with E-state index in [9.17, 15) is 4.79 Å². The predicted octanol–water partition coefficient (Wildman–Crippen LogP) is 4.68. The molecular weight excluding hydrogens is 260 g/mol. The zero-order valence-corrected chi connectivity index (χ0v) is 14.9. The van der Waals surface area contributed by atoms with Gasteiger partial charge in [-0.05, 0) is 42.9 Å². The molecule has 2 saturated carbocycles. The molecule has 0 aromatic carbocycles. The molecule has 0 spiro atoms. The van der Waals surface area contributed by atoms with E-state index in [0.717, 1.165) is 25.7 Å². The molecule has 2 aliphatic carbocycles. The summed E-state index contributed by atoms with van der Waals surface area (Å²) in [7, 11) is -1.24. The average Bonchev–Trinajstić information content (AvgIpc) is 2.66. The van der Waals surface area contributed by atoms with Gasteiger partial charge in [-0.15, -0.1) is 11.5 Å². The number of rotatable bonds is 2. The van der Waals surface area contributed by atoms with Crippen LogP contribution in [0.5, 0.6) is 0 Å². The first kappa shape index (κ1) is 15.8. The van der Waals surface area contributed by atoms with Crippen molar-refractivity contribution in [2.24, 2.45) is 23.2 Å². The van der Waals surface area contributed by atoms with E-state index in [1.165, 1.54) is 12.8 Å². The normalized spacial score (nSPS) is 35.1. The van der Waals surface area contributed by atoms with Crippen molar-refractivity contribution >= 4 is 13.9 Å². The van der Waals surface area contributed by atoms with Crippen LogP contribution >= 0.6 is 0 Å². The lowest BCUT2D eigenvalue weighted by Gasteiger charge is -2.42. The molecule has 0 aromatic heterocycles. The lowest BCUT2D eigenvalue weighted by Crippen LogP contribution is -2.39. The molecular formula is C18H30OSi. The molecule has 0 heterocycles. The largest absolute Gasteiger partial charge is 0.299 e. The van der Waals surface area contributed by atoms with Crippen LogP contribution in [0.15, 0.2) is 0 Å². The van der Waals surface area contributed by atoms with Crippen LogP contribution in [0.4, 0.5) is 0 Å². The summed E-state index contributed by atoms with van der Waals surface area (Å²) in [6.07, 6.45) is 6.58. The Kier molecular flexibility index (Phi) is 4.49. The molecule has 0 radical (unpaired) electrons. The van der Waals surface area contributed by atoms with Gasteiger partial charge in [-0.3, -0.25) is 4.79 Å². The summed E-state index contributed by atoms with van der Waals surface area (Å²) in [6, 6.07) is 0. The van der Waals surface area contributed by atoms with E-state index < -0.39 is 8.07 Å². The molecule has 0 saturated heterocycles. The van der Waals surface area contributed by atoms with Crippen LogP contribution in [0.25, 0.3) is 0 Å². The minimum Gasteiger partial charge on any atom is -0.299 e. The maximum Gasteiger partial charge on any atom is 0.136 e. The second-order valence-corrected chi connectivity index (χ2v) is 13.0. The van der Waals surface area contributed by atoms with E-state index in [-0.39, 0.29) is 5.41 Å². The number of hydrogen-bond donors (Lipinski definition) is 0. The highest BCUT2D eigenvalue weighted by Gasteiger charge is 2.52. The monoisotopic (exact) mass is 290 g/mol. The number of hydrogen-bond acceptors (Lipinski definition) is 1. The number of ketones is 1. The second kappa shape index (κ2) is 5.68. The average molecular weight is 291 g/mol. The fourth-order valence-electron chi connectivity index (χ4n) is 4.52. The van der Waals surface area contributed by atoms with Gasteiger partial charge in [-0.2, -0.15) is 0 Å². The first-order chi connectivity index (χ1) is 9.24. The van der Waals surface area contributed by atoms with Crippen LogP contribution in [0, 0.1) is 34.6 Å². The fraction of sp³-hybridized carbons (Fsp3) is 0.833. The standard InChI is InChI=1S/C18H30OSi/c1-14(8-7-13-20(3,4)5)15-10-11-16-17(19)9-6-12-18(15,16)2/h14-16H,6,8-12H2,1-5H3/t14?,15-,16+,18-/m1/s1. The van der Waals surface area contributed by atoms with Crippen LogP contribution in [0.1, 0.15) is 52.4 Å². The van der Waals surface area contributed by atoms with Crippen LogP contribution < -0.4 is 0 Å². The van der Waals surface area contributed by atoms with E-state index in [2.05, 4.69) is 45.0 Å². The predicted molar refractivity (Wildman–Crippen MR) is 88.1 cm³/mol. The molecule has 0 bridgehead atoms. The topological polar surface area (TPSA) is 17.1 Å². The third-order valence-electron chi connectivity index (χ3n) is 5.51. The van der Waals surface area contributed by atoms with Gasteiger partial charge >= 0.3 is 0 Å². The molecule has 0 amide bonds. The second-order valence-electron chi connectivity index (χ2n) is 8.30. The van der Waals surface area contributed by atoms with E-state index in [0.29, 0.717) is 23.5 Å². The Bertz CT molecular complexity index is 437. The van der Waals surface area contributed by atoms with Gasteiger partial charge in [0.15, 0.2) is 0 Å². The Hall–Kier alpha value is -0.553. The third kappa shape index (κ3) is 3.19. The Labute approximate surface area is 125 Å². The van der Waals surface area contributed by atoms with Crippen LogP contribution in [0.2, 0.25) is 19.6 Å². The minimum atomic E-state index is -1.24. The Balaban J connectivity index is 2.05. The number of Topliss-reactive ketones (excluding diaryl/α,β-unsaturated/α-hetero) is 1. The first-order valence-corrected chi connectivity index (χ1v) is 11.8. The maximum atomic E-state index is 12.2. The summed E-state index contributed by atoms with van der Waals surface area (Å²) in [5.74, 6) is 5.69. The fourth-order valence-corrected chi connectivity index (χ4v) is 5.16. The first-order valence-electron chi connectivity index (χ1n) is 8.27. The van der Waals surface area contributed by atoms with Gasteiger partial charge < -0.3 is 0 Å². The minimum absolute atomic E-state index is 0.273. The summed E-state index contributed by atoms with van der Waals surface area (Å²) in [5, 5.41) is 0. The van der Waals surface area contributed by atoms with Crippen molar-refractivity contribution in [1.29, 1.82) is 0 Å². The highest BCUT2D eigenvalue weighted by atomic mass is 28.3. The van der Waals surface area contributed by atoms with Crippen molar-refractivity contribution in [2.75, 3.05) is 0 Å². The van der Waals surface area contributed by atoms with E-state index in [4.69, 9.17) is 0 Å². The summed E-state index contributed by atoms with van der Waals surface area (Å²) < 4.78 is 0. The quantitative estimate of drug-likeness (QED) is 0.533. The maximum absolute atomic E-state index is 12.2. The van der Waals surface area contributed by atoms with Crippen LogP contribution in [-0.2, 0) is 4.79 Å². The molecule has 1 unspecified atom stereocenters. The van der Waals surface area contributed by atoms with Crippen molar-refractivity contribution < 1.29 is 4.79 Å². The van der Waals surface area contributed by atoms with Crippen molar-refractivity contribution in [3.63, 3.8) is 0 Å². The Morgan fingerprint density at radius 1 is 1.35 bits per heavy atom. The SMILES string of the molecule is CC(CC#C[Si](C)(C)C)[C@H]1CC[C@H]2C(=O)CCC[C@]12C. The lowest BCUT2D eigenvalue weighted by molar-refractivity contribution is -0.130. The summed E-state index contributed by atoms with van der Waals surface area (Å²) in [6.45, 7) is 11.7. The molecule has 2 aliphatic rings. The molecule has 2 rings (SSSR count). The highest BCUT2D eigenvalue weighted by Crippen LogP contribution is 2.56. The molecule has 0 aliphatic heterocycles. The van der Waals surface area contributed by atoms with E-state index >= 15 is 0 Å². The van der Waals surface area contributed by atoms with Gasteiger partial charge in [0.05, 0.1) is 0 Å². The highest BCUT2D eigenvalue weighted by molar-refractivity contribution is 6.83. The third-order valence-corrected chi connectivity index (χ3v) is 6.44. The van der Waals surface area contributed by atoms with Gasteiger partial charge in [-0.1, -0.05) is 33.5 Å². The zero-order chi connectivity index (χ0) is 15.0. The van der Waals surface area contributed by atoms with Gasteiger partial charge in [0.2, 0.25) is 0 Å². The van der Waals surface area contributed by atoms with Crippen molar-refractivity contribution in [3.05, 3.63) is 0 Å². The summed E-state index contributed by atoms with van der Waals surface area (Å²) in [4.78, 5) is 12.2. The Morgan fingerprint density at radius 3 is 2.70 bits per heavy atom. The zero-order valence-electron chi connectivity index (χ0n) is 13.9. The van der Waals surface area contributed by atoms with Gasteiger partial charge in [0.1, 0.15) is 13.9 Å². The van der Waals surface area contributed by atoms with Gasteiger partial charge in [0.25, 0.3) is 0 Å². The van der Waals surface area contributed by atoms with Gasteiger partial charge in [0, 0.05) is 18.8 Å². The molecule has 2 fully saturated rings. The molecule has 112 valence electrons. The van der Waals surface area contributed by atoms with Crippen molar-refractivity contribution in [3.8, 4) is 11.5 Å². The molecule has 20 heavy (non-hydrogen) atoms. The lowest BCUT2D eigenvalue weighted by atomic mass is 9.62. The summed E-state index contributed by atoms with van der Waals surface area (Å²) >= 11 is 0. The smallest absolute Gasteiger partial charge is 0.136 e. The van der Waals surface area contributed by atoms with Crippen molar-refractivity contribution in [2.45, 2.75) is 72.0 Å². The number of carbonyl (C=O) groups excluding carboxylic acids is 1. The van der Waals surface area contributed by atoms with E-state index in [1.807, 2.05) is 0 Å². The molecule has 2 heteroatoms. The van der Waals surface area contributed by atoms with Crippen molar-refractivity contribution in [1.82, 2.24) is 0 Å². The molecule has 1 nitrogen and oxygen atoms in total. The molecule has 4 atom stereocenters. The molecule has 0 aromatic rings.